The first-order valence-electron chi connectivity index (χ1n) is 3.60. The fourth-order valence-corrected chi connectivity index (χ4v) is 0.901. The van der Waals surface area contributed by atoms with Crippen molar-refractivity contribution in [3.05, 3.63) is 24.0 Å². The van der Waals surface area contributed by atoms with Crippen molar-refractivity contribution in [1.29, 1.82) is 0 Å². The molecule has 0 amide bonds. The molecule has 56 valence electrons. The van der Waals surface area contributed by atoms with E-state index in [2.05, 4.69) is 36.9 Å². The molecule has 0 aliphatic carbocycles. The minimum atomic E-state index is 0.542. The molecule has 0 aliphatic rings. The van der Waals surface area contributed by atoms with Crippen molar-refractivity contribution in [1.82, 2.24) is 4.57 Å². The molecule has 0 unspecified atom stereocenters. The molecule has 1 aromatic heterocycles. The van der Waals surface area contributed by atoms with E-state index in [4.69, 9.17) is 5.73 Å². The van der Waals surface area contributed by atoms with Gasteiger partial charge in [-0.15, -0.1) is 0 Å². The summed E-state index contributed by atoms with van der Waals surface area (Å²) in [6.45, 7) is 4.94. The number of aromatic nitrogens is 1. The van der Waals surface area contributed by atoms with Crippen LogP contribution in [0, 0.1) is 0 Å². The van der Waals surface area contributed by atoms with Crippen LogP contribution in [-0.2, 0) is 6.54 Å². The van der Waals surface area contributed by atoms with Crippen molar-refractivity contribution >= 4 is 0 Å². The number of nitrogens with zero attached hydrogens (tertiary/aromatic N) is 1. The Bertz CT molecular complexity index is 201. The van der Waals surface area contributed by atoms with Gasteiger partial charge >= 0.3 is 0 Å². The summed E-state index contributed by atoms with van der Waals surface area (Å²) >= 11 is 0. The van der Waals surface area contributed by atoms with Gasteiger partial charge in [0.15, 0.2) is 0 Å². The molecule has 0 radical (unpaired) electrons. The van der Waals surface area contributed by atoms with Gasteiger partial charge in [0.05, 0.1) is 0 Å². The molecule has 2 N–H and O–H groups in total. The number of nitrogens with two attached hydrogens (primary N) is 1. The molecule has 0 fully saturated rings. The van der Waals surface area contributed by atoms with E-state index in [1.54, 1.807) is 0 Å². The largest absolute Gasteiger partial charge is 0.351 e. The number of rotatable bonds is 2. The minimum Gasteiger partial charge on any atom is -0.351 e. The summed E-state index contributed by atoms with van der Waals surface area (Å²) in [6, 6.07) is 2.60. The Morgan fingerprint density at radius 1 is 1.60 bits per heavy atom. The molecule has 0 aromatic carbocycles. The van der Waals surface area contributed by atoms with E-state index in [1.165, 1.54) is 5.56 Å². The van der Waals surface area contributed by atoms with Crippen LogP contribution in [0.1, 0.15) is 25.5 Å². The van der Waals surface area contributed by atoms with Crippen LogP contribution >= 0.6 is 0 Å². The number of hydrogen-bond donors (Lipinski definition) is 1. The summed E-state index contributed by atoms with van der Waals surface area (Å²) in [6.07, 6.45) is 4.15. The first-order valence-corrected chi connectivity index (χ1v) is 3.60. The van der Waals surface area contributed by atoms with Crippen molar-refractivity contribution in [3.63, 3.8) is 0 Å². The van der Waals surface area contributed by atoms with Crippen LogP contribution < -0.4 is 5.73 Å². The highest BCUT2D eigenvalue weighted by molar-refractivity contribution is 5.09. The fraction of sp³-hybridized carbons (Fsp3) is 0.500. The number of hydrogen-bond acceptors (Lipinski definition) is 1. The van der Waals surface area contributed by atoms with Gasteiger partial charge in [0.25, 0.3) is 0 Å². The standard InChI is InChI=1S/C8H14N2/c1-7(2)10-4-3-8(5-9)6-10/h3-4,6-7H,5,9H2,1-2H3. The summed E-state index contributed by atoms with van der Waals surface area (Å²) in [5.41, 5.74) is 6.65. The lowest BCUT2D eigenvalue weighted by atomic mass is 10.3. The highest BCUT2D eigenvalue weighted by atomic mass is 15.0. The van der Waals surface area contributed by atoms with Gasteiger partial charge in [0.2, 0.25) is 0 Å². The minimum absolute atomic E-state index is 0.542. The van der Waals surface area contributed by atoms with Gasteiger partial charge in [-0.25, -0.2) is 0 Å². The van der Waals surface area contributed by atoms with Crippen LogP contribution in [0.15, 0.2) is 18.5 Å². The molecule has 0 saturated carbocycles. The SMILES string of the molecule is CC(C)n1ccc(CN)c1. The van der Waals surface area contributed by atoms with E-state index >= 15 is 0 Å². The Labute approximate surface area is 61.7 Å². The zero-order chi connectivity index (χ0) is 7.56. The summed E-state index contributed by atoms with van der Waals surface area (Å²) < 4.78 is 2.15. The third kappa shape index (κ3) is 1.39. The van der Waals surface area contributed by atoms with Crippen LogP contribution in [-0.4, -0.2) is 4.57 Å². The zero-order valence-corrected chi connectivity index (χ0v) is 6.54. The molecule has 1 heterocycles. The normalized spacial score (nSPS) is 10.8. The predicted octanol–water partition coefficient (Wildman–Crippen LogP) is 1.53. The second-order valence-electron chi connectivity index (χ2n) is 2.76. The van der Waals surface area contributed by atoms with Crippen molar-refractivity contribution in [2.45, 2.75) is 26.4 Å². The second-order valence-corrected chi connectivity index (χ2v) is 2.76. The van der Waals surface area contributed by atoms with Crippen molar-refractivity contribution < 1.29 is 0 Å². The molecular weight excluding hydrogens is 124 g/mol. The maximum absolute atomic E-state index is 5.45. The summed E-state index contributed by atoms with van der Waals surface area (Å²) in [5.74, 6) is 0. The van der Waals surface area contributed by atoms with Gasteiger partial charge in [-0.1, -0.05) is 0 Å². The molecule has 0 saturated heterocycles. The Morgan fingerprint density at radius 2 is 2.30 bits per heavy atom. The third-order valence-electron chi connectivity index (χ3n) is 1.61. The first kappa shape index (κ1) is 7.35. The topological polar surface area (TPSA) is 30.9 Å². The molecular formula is C8H14N2. The van der Waals surface area contributed by atoms with Crippen LogP contribution in [0.4, 0.5) is 0 Å². The monoisotopic (exact) mass is 138 g/mol. The van der Waals surface area contributed by atoms with Crippen LogP contribution in [0.3, 0.4) is 0 Å². The Morgan fingerprint density at radius 3 is 2.60 bits per heavy atom. The van der Waals surface area contributed by atoms with Crippen molar-refractivity contribution in [2.24, 2.45) is 5.73 Å². The van der Waals surface area contributed by atoms with Gasteiger partial charge < -0.3 is 10.3 Å². The molecule has 10 heavy (non-hydrogen) atoms. The lowest BCUT2D eigenvalue weighted by molar-refractivity contribution is 0.602. The van der Waals surface area contributed by atoms with Gasteiger partial charge in [0, 0.05) is 25.0 Å². The summed E-state index contributed by atoms with van der Waals surface area (Å²) in [7, 11) is 0. The summed E-state index contributed by atoms with van der Waals surface area (Å²) in [5, 5.41) is 0. The van der Waals surface area contributed by atoms with Gasteiger partial charge in [-0.05, 0) is 25.5 Å². The average Bonchev–Trinajstić information content (AvgIpc) is 2.34. The third-order valence-corrected chi connectivity index (χ3v) is 1.61. The average molecular weight is 138 g/mol. The van der Waals surface area contributed by atoms with E-state index in [0.717, 1.165) is 0 Å². The Kier molecular flexibility index (Phi) is 2.12. The van der Waals surface area contributed by atoms with E-state index < -0.39 is 0 Å². The van der Waals surface area contributed by atoms with Crippen molar-refractivity contribution in [2.75, 3.05) is 0 Å². The molecule has 0 bridgehead atoms. The molecule has 2 heteroatoms. The quantitative estimate of drug-likeness (QED) is 0.660. The Balaban J connectivity index is 2.78. The van der Waals surface area contributed by atoms with E-state index in [0.29, 0.717) is 12.6 Å². The smallest absolute Gasteiger partial charge is 0.0274 e. The fourth-order valence-electron chi connectivity index (χ4n) is 0.901. The zero-order valence-electron chi connectivity index (χ0n) is 6.54. The second kappa shape index (κ2) is 2.88. The molecule has 0 spiro atoms. The maximum Gasteiger partial charge on any atom is 0.0274 e. The van der Waals surface area contributed by atoms with Gasteiger partial charge in [-0.3, -0.25) is 0 Å². The predicted molar refractivity (Wildman–Crippen MR) is 42.7 cm³/mol. The molecule has 1 rings (SSSR count). The molecule has 1 aromatic rings. The van der Waals surface area contributed by atoms with Crippen LogP contribution in [0.5, 0.6) is 0 Å². The maximum atomic E-state index is 5.45. The van der Waals surface area contributed by atoms with Crippen LogP contribution in [0.25, 0.3) is 0 Å². The van der Waals surface area contributed by atoms with Crippen molar-refractivity contribution in [3.8, 4) is 0 Å². The molecule has 0 atom stereocenters. The van der Waals surface area contributed by atoms with Crippen LogP contribution in [0.2, 0.25) is 0 Å². The summed E-state index contributed by atoms with van der Waals surface area (Å²) in [4.78, 5) is 0. The molecule has 2 nitrogen and oxygen atoms in total. The lowest BCUT2D eigenvalue weighted by Crippen LogP contribution is -1.97. The van der Waals surface area contributed by atoms with E-state index in [-0.39, 0.29) is 0 Å². The lowest BCUT2D eigenvalue weighted by Gasteiger charge is -2.04. The van der Waals surface area contributed by atoms with E-state index in [9.17, 15) is 0 Å². The Hall–Kier alpha value is -0.760. The molecule has 0 aliphatic heterocycles. The first-order chi connectivity index (χ1) is 4.74. The highest BCUT2D eigenvalue weighted by Gasteiger charge is 1.96. The highest BCUT2D eigenvalue weighted by Crippen LogP contribution is 2.07. The van der Waals surface area contributed by atoms with E-state index in [1.807, 2.05) is 0 Å². The van der Waals surface area contributed by atoms with Gasteiger partial charge in [0.1, 0.15) is 0 Å². The van der Waals surface area contributed by atoms with Gasteiger partial charge in [-0.2, -0.15) is 0 Å².